The van der Waals surface area contributed by atoms with Crippen LogP contribution in [0.25, 0.3) is 0 Å². The minimum absolute atomic E-state index is 0.104. The number of ether oxygens (including phenoxy) is 1. The van der Waals surface area contributed by atoms with E-state index < -0.39 is 11.8 Å². The second kappa shape index (κ2) is 5.96. The van der Waals surface area contributed by atoms with Gasteiger partial charge in [0.15, 0.2) is 0 Å². The number of hydrogen-bond acceptors (Lipinski definition) is 4. The largest absolute Gasteiger partial charge is 0.463 e. The maximum absolute atomic E-state index is 13.7. The van der Waals surface area contributed by atoms with E-state index in [1.54, 1.807) is 25.1 Å². The lowest BCUT2D eigenvalue weighted by Gasteiger charge is -2.13. The highest BCUT2D eigenvalue weighted by atomic mass is 35.5. The summed E-state index contributed by atoms with van der Waals surface area (Å²) >= 11 is 5.69. The number of halogens is 2. The highest BCUT2D eigenvalue weighted by molar-refractivity contribution is 6.30. The minimum atomic E-state index is -0.555. The van der Waals surface area contributed by atoms with Gasteiger partial charge in [0.2, 0.25) is 5.76 Å². The topological polar surface area (TPSA) is 51.5 Å². The van der Waals surface area contributed by atoms with Gasteiger partial charge in [0.25, 0.3) is 0 Å². The van der Waals surface area contributed by atoms with Crippen LogP contribution in [-0.2, 0) is 4.74 Å². The number of nitrogens with one attached hydrogen (secondary N) is 1. The predicted molar refractivity (Wildman–Crippen MR) is 73.5 cm³/mol. The Morgan fingerprint density at radius 2 is 2.15 bits per heavy atom. The van der Waals surface area contributed by atoms with Crippen LogP contribution < -0.4 is 5.32 Å². The molecule has 2 rings (SSSR count). The summed E-state index contributed by atoms with van der Waals surface area (Å²) in [4.78, 5) is 11.3. The maximum atomic E-state index is 13.7. The van der Waals surface area contributed by atoms with E-state index in [9.17, 15) is 9.18 Å². The van der Waals surface area contributed by atoms with Crippen LogP contribution >= 0.6 is 11.6 Å². The molecular weight excluding hydrogens is 285 g/mol. The summed E-state index contributed by atoms with van der Waals surface area (Å²) in [6, 6.07) is 7.18. The lowest BCUT2D eigenvalue weighted by molar-refractivity contribution is 0.0562. The average molecular weight is 298 g/mol. The predicted octanol–water partition coefficient (Wildman–Crippen LogP) is 4.03. The smallest absolute Gasteiger partial charge is 0.373 e. The van der Waals surface area contributed by atoms with Crippen LogP contribution in [0.3, 0.4) is 0 Å². The summed E-state index contributed by atoms with van der Waals surface area (Å²) < 4.78 is 23.6. The number of furan rings is 1. The van der Waals surface area contributed by atoms with Crippen LogP contribution in [0.15, 0.2) is 34.7 Å². The molecule has 20 heavy (non-hydrogen) atoms. The summed E-state index contributed by atoms with van der Waals surface area (Å²) in [5.41, 5.74) is 0.304. The van der Waals surface area contributed by atoms with Crippen LogP contribution in [0.2, 0.25) is 5.02 Å². The van der Waals surface area contributed by atoms with E-state index in [0.29, 0.717) is 16.5 Å². The maximum Gasteiger partial charge on any atom is 0.373 e. The van der Waals surface area contributed by atoms with Gasteiger partial charge >= 0.3 is 5.97 Å². The van der Waals surface area contributed by atoms with Crippen molar-refractivity contribution in [2.75, 3.05) is 12.4 Å². The number of methoxy groups -OCH3 is 1. The van der Waals surface area contributed by atoms with Gasteiger partial charge < -0.3 is 14.5 Å². The zero-order chi connectivity index (χ0) is 14.7. The average Bonchev–Trinajstić information content (AvgIpc) is 2.90. The summed E-state index contributed by atoms with van der Waals surface area (Å²) in [7, 11) is 1.27. The van der Waals surface area contributed by atoms with Crippen molar-refractivity contribution in [2.24, 2.45) is 0 Å². The first-order valence-corrected chi connectivity index (χ1v) is 6.28. The first-order valence-electron chi connectivity index (χ1n) is 5.91. The van der Waals surface area contributed by atoms with Gasteiger partial charge in [-0.15, -0.1) is 0 Å². The van der Waals surface area contributed by atoms with Crippen molar-refractivity contribution in [3.05, 3.63) is 52.7 Å². The van der Waals surface area contributed by atoms with Gasteiger partial charge in [-0.25, -0.2) is 9.18 Å². The van der Waals surface area contributed by atoms with Crippen molar-refractivity contribution in [2.45, 2.75) is 13.0 Å². The third kappa shape index (κ3) is 3.11. The summed E-state index contributed by atoms with van der Waals surface area (Å²) in [6.45, 7) is 1.79. The first-order chi connectivity index (χ1) is 9.51. The molecule has 1 aromatic carbocycles. The van der Waals surface area contributed by atoms with Gasteiger partial charge in [0, 0.05) is 5.02 Å². The van der Waals surface area contributed by atoms with Gasteiger partial charge in [0.1, 0.15) is 11.6 Å². The molecule has 1 heterocycles. The Morgan fingerprint density at radius 1 is 1.40 bits per heavy atom. The lowest BCUT2D eigenvalue weighted by atomic mass is 10.2. The Balaban J connectivity index is 2.13. The number of carbonyl (C=O) groups excluding carboxylic acids is 1. The summed E-state index contributed by atoms with van der Waals surface area (Å²) in [5.74, 6) is -0.405. The quantitative estimate of drug-likeness (QED) is 0.866. The Morgan fingerprint density at radius 3 is 2.80 bits per heavy atom. The second-order valence-corrected chi connectivity index (χ2v) is 4.62. The van der Waals surface area contributed by atoms with Gasteiger partial charge in [-0.05, 0) is 37.3 Å². The molecule has 0 amide bonds. The zero-order valence-electron chi connectivity index (χ0n) is 10.9. The van der Waals surface area contributed by atoms with Crippen LogP contribution in [0.5, 0.6) is 0 Å². The minimum Gasteiger partial charge on any atom is -0.463 e. The molecule has 0 saturated carbocycles. The van der Waals surface area contributed by atoms with Crippen molar-refractivity contribution in [3.8, 4) is 0 Å². The molecule has 0 radical (unpaired) electrons. The third-order valence-corrected chi connectivity index (χ3v) is 2.98. The van der Waals surface area contributed by atoms with E-state index in [-0.39, 0.29) is 11.8 Å². The molecule has 0 fully saturated rings. The molecule has 0 spiro atoms. The van der Waals surface area contributed by atoms with Crippen LogP contribution in [0, 0.1) is 5.82 Å². The van der Waals surface area contributed by atoms with Gasteiger partial charge in [0.05, 0.1) is 18.8 Å². The van der Waals surface area contributed by atoms with Crippen LogP contribution in [0.1, 0.15) is 29.3 Å². The van der Waals surface area contributed by atoms with Crippen LogP contribution in [0.4, 0.5) is 10.1 Å². The summed E-state index contributed by atoms with van der Waals surface area (Å²) in [5, 5.41) is 3.27. The molecule has 0 aliphatic heterocycles. The van der Waals surface area contributed by atoms with E-state index in [4.69, 9.17) is 16.0 Å². The van der Waals surface area contributed by atoms with E-state index in [1.165, 1.54) is 19.2 Å². The van der Waals surface area contributed by atoms with Gasteiger partial charge in [-0.2, -0.15) is 0 Å². The summed E-state index contributed by atoms with van der Waals surface area (Å²) in [6.07, 6.45) is 0. The Bertz CT molecular complexity index is 627. The fraction of sp³-hybridized carbons (Fsp3) is 0.214. The molecule has 6 heteroatoms. The highest BCUT2D eigenvalue weighted by Crippen LogP contribution is 2.25. The normalized spacial score (nSPS) is 12.0. The number of benzene rings is 1. The molecular formula is C14H13ClFNO3. The number of rotatable bonds is 4. The molecule has 0 saturated heterocycles. The number of carbonyl (C=O) groups is 1. The first kappa shape index (κ1) is 14.4. The SMILES string of the molecule is COC(=O)c1ccc(C(C)Nc2ccc(Cl)cc2F)o1. The van der Waals surface area contributed by atoms with Crippen LogP contribution in [-0.4, -0.2) is 13.1 Å². The molecule has 0 bridgehead atoms. The molecule has 1 atom stereocenters. The fourth-order valence-electron chi connectivity index (χ4n) is 1.71. The number of anilines is 1. The molecule has 106 valence electrons. The van der Waals surface area contributed by atoms with Crippen molar-refractivity contribution in [1.82, 2.24) is 0 Å². The number of hydrogen-bond donors (Lipinski definition) is 1. The standard InChI is InChI=1S/C14H13ClFNO3/c1-8(12-5-6-13(20-12)14(18)19-2)17-11-4-3-9(15)7-10(11)16/h3-8,17H,1-2H3. The second-order valence-electron chi connectivity index (χ2n) is 4.18. The Hall–Kier alpha value is -2.01. The van der Waals surface area contributed by atoms with Gasteiger partial charge in [-0.1, -0.05) is 11.6 Å². The van der Waals surface area contributed by atoms with E-state index in [1.807, 2.05) is 0 Å². The molecule has 1 N–H and O–H groups in total. The number of esters is 1. The van der Waals surface area contributed by atoms with E-state index in [2.05, 4.69) is 10.1 Å². The van der Waals surface area contributed by atoms with Crippen molar-refractivity contribution < 1.29 is 18.3 Å². The molecule has 0 aliphatic rings. The monoisotopic (exact) mass is 297 g/mol. The van der Waals surface area contributed by atoms with E-state index >= 15 is 0 Å². The Kier molecular flexibility index (Phi) is 4.29. The third-order valence-electron chi connectivity index (χ3n) is 2.74. The molecule has 4 nitrogen and oxygen atoms in total. The highest BCUT2D eigenvalue weighted by Gasteiger charge is 2.16. The van der Waals surface area contributed by atoms with E-state index in [0.717, 1.165) is 0 Å². The Labute approximate surface area is 120 Å². The lowest BCUT2D eigenvalue weighted by Crippen LogP contribution is -2.07. The molecule has 1 unspecified atom stereocenters. The molecule has 1 aromatic heterocycles. The van der Waals surface area contributed by atoms with Gasteiger partial charge in [-0.3, -0.25) is 0 Å². The van der Waals surface area contributed by atoms with Crippen molar-refractivity contribution >= 4 is 23.3 Å². The molecule has 2 aromatic rings. The zero-order valence-corrected chi connectivity index (χ0v) is 11.7. The molecule has 0 aliphatic carbocycles. The fourth-order valence-corrected chi connectivity index (χ4v) is 1.87. The van der Waals surface area contributed by atoms with Crippen molar-refractivity contribution in [1.29, 1.82) is 0 Å². The van der Waals surface area contributed by atoms with Crippen molar-refractivity contribution in [3.63, 3.8) is 0 Å².